The van der Waals surface area contributed by atoms with Crippen LogP contribution in [-0.4, -0.2) is 16.3 Å². The van der Waals surface area contributed by atoms with Gasteiger partial charge in [-0.3, -0.25) is 5.43 Å². The first kappa shape index (κ1) is 12.9. The summed E-state index contributed by atoms with van der Waals surface area (Å²) < 4.78 is 0. The fraction of sp³-hybridized carbons (Fsp3) is 0. The molecule has 0 aliphatic rings. The van der Waals surface area contributed by atoms with Crippen molar-refractivity contribution < 1.29 is 0 Å². The number of thiazole rings is 1. The van der Waals surface area contributed by atoms with Crippen LogP contribution >= 0.6 is 35.2 Å². The topological polar surface area (TPSA) is 63.3 Å². The molecular weight excluding hydrogens is 288 g/mol. The molecule has 1 aromatic carbocycles. The Kier molecular flexibility index (Phi) is 4.24. The summed E-state index contributed by atoms with van der Waals surface area (Å²) in [5, 5.41) is 7.48. The second-order valence-corrected chi connectivity index (χ2v) is 5.05. The summed E-state index contributed by atoms with van der Waals surface area (Å²) in [4.78, 5) is 4.41. The summed E-state index contributed by atoms with van der Waals surface area (Å²) in [5.41, 5.74) is 9.48. The summed E-state index contributed by atoms with van der Waals surface area (Å²) in [6.45, 7) is 0. The number of nitrogens with one attached hydrogen (secondary N) is 1. The van der Waals surface area contributed by atoms with Gasteiger partial charge < -0.3 is 5.73 Å². The van der Waals surface area contributed by atoms with E-state index in [1.807, 2.05) is 29.6 Å². The summed E-state index contributed by atoms with van der Waals surface area (Å²) in [5.74, 6) is 0. The van der Waals surface area contributed by atoms with Crippen molar-refractivity contribution >= 4 is 46.5 Å². The summed E-state index contributed by atoms with van der Waals surface area (Å²) >= 11 is 12.0. The molecule has 0 saturated heterocycles. The minimum absolute atomic E-state index is 0.124. The number of thiocarbonyl (C=S) groups is 1. The molecule has 0 bridgehead atoms. The number of rotatable bonds is 3. The fourth-order valence-corrected chi connectivity index (χ4v) is 2.19. The molecule has 18 heavy (non-hydrogen) atoms. The van der Waals surface area contributed by atoms with Crippen LogP contribution in [0.2, 0.25) is 5.02 Å². The van der Waals surface area contributed by atoms with Gasteiger partial charge in [0.25, 0.3) is 0 Å². The van der Waals surface area contributed by atoms with Crippen molar-refractivity contribution in [1.29, 1.82) is 0 Å². The molecule has 0 aliphatic heterocycles. The van der Waals surface area contributed by atoms with Crippen molar-refractivity contribution in [2.45, 2.75) is 0 Å². The Hall–Kier alpha value is -1.50. The lowest BCUT2D eigenvalue weighted by Crippen LogP contribution is -2.24. The van der Waals surface area contributed by atoms with Crippen LogP contribution in [0.4, 0.5) is 0 Å². The minimum Gasteiger partial charge on any atom is -0.375 e. The standard InChI is InChI=1S/C11H9ClN4S2/c12-8-3-1-7(2-4-8)10-15-9(6-18-10)5-14-16-11(13)17/h1-6H,(H3,13,16,17). The Labute approximate surface area is 118 Å². The average molecular weight is 297 g/mol. The van der Waals surface area contributed by atoms with E-state index in [4.69, 9.17) is 17.3 Å². The lowest BCUT2D eigenvalue weighted by Gasteiger charge is -1.95. The molecule has 2 rings (SSSR count). The van der Waals surface area contributed by atoms with E-state index in [-0.39, 0.29) is 5.11 Å². The van der Waals surface area contributed by atoms with E-state index in [1.54, 1.807) is 6.21 Å². The first-order valence-corrected chi connectivity index (χ1v) is 6.62. The van der Waals surface area contributed by atoms with Gasteiger partial charge in [0.2, 0.25) is 0 Å². The Morgan fingerprint density at radius 3 is 2.83 bits per heavy atom. The van der Waals surface area contributed by atoms with Gasteiger partial charge in [-0.25, -0.2) is 4.98 Å². The van der Waals surface area contributed by atoms with E-state index in [0.717, 1.165) is 16.3 Å². The van der Waals surface area contributed by atoms with Crippen LogP contribution in [-0.2, 0) is 0 Å². The Bertz CT molecular complexity index is 577. The third-order valence-corrected chi connectivity index (χ3v) is 3.24. The Balaban J connectivity index is 2.12. The average Bonchev–Trinajstić information content (AvgIpc) is 2.78. The van der Waals surface area contributed by atoms with E-state index >= 15 is 0 Å². The predicted octanol–water partition coefficient (Wildman–Crippen LogP) is 2.63. The third-order valence-electron chi connectivity index (χ3n) is 1.98. The van der Waals surface area contributed by atoms with Gasteiger partial charge in [0.1, 0.15) is 5.01 Å². The Morgan fingerprint density at radius 2 is 2.17 bits per heavy atom. The maximum absolute atomic E-state index is 5.83. The molecule has 0 saturated carbocycles. The van der Waals surface area contributed by atoms with Crippen LogP contribution in [0.15, 0.2) is 34.7 Å². The van der Waals surface area contributed by atoms with Gasteiger partial charge in [0.15, 0.2) is 5.11 Å². The highest BCUT2D eigenvalue weighted by molar-refractivity contribution is 7.80. The van der Waals surface area contributed by atoms with E-state index in [9.17, 15) is 0 Å². The molecule has 0 atom stereocenters. The molecule has 92 valence electrons. The van der Waals surface area contributed by atoms with E-state index in [2.05, 4.69) is 27.7 Å². The molecule has 7 heteroatoms. The van der Waals surface area contributed by atoms with Crippen LogP contribution in [0.3, 0.4) is 0 Å². The van der Waals surface area contributed by atoms with Crippen molar-refractivity contribution in [1.82, 2.24) is 10.4 Å². The maximum Gasteiger partial charge on any atom is 0.184 e. The van der Waals surface area contributed by atoms with E-state index < -0.39 is 0 Å². The monoisotopic (exact) mass is 296 g/mol. The normalized spacial score (nSPS) is 10.7. The lowest BCUT2D eigenvalue weighted by atomic mass is 10.2. The Morgan fingerprint density at radius 1 is 1.44 bits per heavy atom. The van der Waals surface area contributed by atoms with Crippen LogP contribution in [0, 0.1) is 0 Å². The molecule has 4 nitrogen and oxygen atoms in total. The number of nitrogens with two attached hydrogens (primary N) is 1. The van der Waals surface area contributed by atoms with Gasteiger partial charge >= 0.3 is 0 Å². The highest BCUT2D eigenvalue weighted by atomic mass is 35.5. The van der Waals surface area contributed by atoms with E-state index in [1.165, 1.54) is 11.3 Å². The van der Waals surface area contributed by atoms with Gasteiger partial charge in [-0.1, -0.05) is 23.7 Å². The number of aromatic nitrogens is 1. The zero-order valence-electron chi connectivity index (χ0n) is 9.13. The molecule has 0 fully saturated rings. The smallest absolute Gasteiger partial charge is 0.184 e. The quantitative estimate of drug-likeness (QED) is 0.519. The van der Waals surface area contributed by atoms with Crippen molar-refractivity contribution in [2.75, 3.05) is 0 Å². The van der Waals surface area contributed by atoms with Crippen molar-refractivity contribution in [2.24, 2.45) is 10.8 Å². The molecule has 2 aromatic rings. The van der Waals surface area contributed by atoms with Crippen LogP contribution < -0.4 is 11.2 Å². The van der Waals surface area contributed by atoms with Crippen LogP contribution in [0.1, 0.15) is 5.69 Å². The summed E-state index contributed by atoms with van der Waals surface area (Å²) in [6.07, 6.45) is 1.56. The molecule has 1 heterocycles. The van der Waals surface area contributed by atoms with Crippen LogP contribution in [0.25, 0.3) is 10.6 Å². The summed E-state index contributed by atoms with van der Waals surface area (Å²) in [6, 6.07) is 7.52. The van der Waals surface area contributed by atoms with Gasteiger partial charge in [-0.2, -0.15) is 5.10 Å². The van der Waals surface area contributed by atoms with E-state index in [0.29, 0.717) is 5.02 Å². The number of benzene rings is 1. The molecular formula is C11H9ClN4S2. The molecule has 3 N–H and O–H groups in total. The fourth-order valence-electron chi connectivity index (χ4n) is 1.23. The van der Waals surface area contributed by atoms with Crippen molar-refractivity contribution in [3.05, 3.63) is 40.4 Å². The molecule has 0 unspecified atom stereocenters. The number of hydrogen-bond acceptors (Lipinski definition) is 4. The molecule has 0 amide bonds. The number of nitrogens with zero attached hydrogens (tertiary/aromatic N) is 2. The zero-order valence-corrected chi connectivity index (χ0v) is 11.5. The number of hydrogen-bond donors (Lipinski definition) is 2. The first-order chi connectivity index (χ1) is 8.65. The highest BCUT2D eigenvalue weighted by Gasteiger charge is 2.03. The second kappa shape index (κ2) is 5.90. The predicted molar refractivity (Wildman–Crippen MR) is 80.1 cm³/mol. The maximum atomic E-state index is 5.83. The minimum atomic E-state index is 0.124. The summed E-state index contributed by atoms with van der Waals surface area (Å²) in [7, 11) is 0. The number of hydrazone groups is 1. The second-order valence-electron chi connectivity index (χ2n) is 3.32. The molecule has 0 spiro atoms. The van der Waals surface area contributed by atoms with Crippen molar-refractivity contribution in [3.8, 4) is 10.6 Å². The zero-order chi connectivity index (χ0) is 13.0. The van der Waals surface area contributed by atoms with Gasteiger partial charge in [-0.15, -0.1) is 11.3 Å². The lowest BCUT2D eigenvalue weighted by molar-refractivity contribution is 1.04. The van der Waals surface area contributed by atoms with Crippen molar-refractivity contribution in [3.63, 3.8) is 0 Å². The SMILES string of the molecule is NC(=S)NN=Cc1csc(-c2ccc(Cl)cc2)n1. The van der Waals surface area contributed by atoms with Gasteiger partial charge in [0.05, 0.1) is 11.9 Å². The van der Waals surface area contributed by atoms with Gasteiger partial charge in [0, 0.05) is 16.0 Å². The van der Waals surface area contributed by atoms with Gasteiger partial charge in [-0.05, 0) is 24.4 Å². The highest BCUT2D eigenvalue weighted by Crippen LogP contribution is 2.24. The third kappa shape index (κ3) is 3.49. The number of halogens is 1. The molecule has 1 aromatic heterocycles. The first-order valence-electron chi connectivity index (χ1n) is 4.95. The molecule has 0 radical (unpaired) electrons. The molecule has 0 aliphatic carbocycles. The van der Waals surface area contributed by atoms with Crippen LogP contribution in [0.5, 0.6) is 0 Å². The largest absolute Gasteiger partial charge is 0.375 e.